The van der Waals surface area contributed by atoms with Crippen molar-refractivity contribution in [3.8, 4) is 0 Å². The molecule has 1 unspecified atom stereocenters. The van der Waals surface area contributed by atoms with Crippen LogP contribution >= 0.6 is 34.5 Å². The summed E-state index contributed by atoms with van der Waals surface area (Å²) in [5.41, 5.74) is 7.16. The molecule has 5 heteroatoms. The molecule has 21 heavy (non-hydrogen) atoms. The largest absolute Gasteiger partial charge is 0.324 e. The Morgan fingerprint density at radius 2 is 2.00 bits per heavy atom. The molecule has 2 nitrogen and oxygen atoms in total. The monoisotopic (exact) mass is 342 g/mol. The molecular formula is C16H20Cl2N2S. The minimum absolute atomic E-state index is 0.0830. The second-order valence-electron chi connectivity index (χ2n) is 5.17. The molecule has 0 radical (unpaired) electrons. The van der Waals surface area contributed by atoms with Gasteiger partial charge in [0.25, 0.3) is 0 Å². The molecule has 0 saturated heterocycles. The highest BCUT2D eigenvalue weighted by molar-refractivity contribution is 7.09. The fourth-order valence-electron chi connectivity index (χ4n) is 2.19. The minimum atomic E-state index is -0.0830. The lowest BCUT2D eigenvalue weighted by Gasteiger charge is -2.20. The van der Waals surface area contributed by atoms with Gasteiger partial charge in [0.05, 0.1) is 10.0 Å². The van der Waals surface area contributed by atoms with Gasteiger partial charge in [-0.1, -0.05) is 41.4 Å². The number of halogens is 2. The summed E-state index contributed by atoms with van der Waals surface area (Å²) < 4.78 is 0. The Labute approximate surface area is 140 Å². The number of rotatable bonds is 7. The highest BCUT2D eigenvalue weighted by Gasteiger charge is 2.13. The maximum Gasteiger partial charge on any atom is 0.0640 e. The first kappa shape index (κ1) is 16.8. The quantitative estimate of drug-likeness (QED) is 0.795. The van der Waals surface area contributed by atoms with E-state index in [0.29, 0.717) is 10.0 Å². The summed E-state index contributed by atoms with van der Waals surface area (Å²) in [5, 5.41) is 3.26. The molecule has 2 aromatic rings. The van der Waals surface area contributed by atoms with Crippen molar-refractivity contribution >= 4 is 34.5 Å². The van der Waals surface area contributed by atoms with Crippen molar-refractivity contribution in [3.05, 3.63) is 56.2 Å². The molecular weight excluding hydrogens is 323 g/mol. The zero-order chi connectivity index (χ0) is 15.2. The molecule has 2 N–H and O–H groups in total. The van der Waals surface area contributed by atoms with Gasteiger partial charge in [0.2, 0.25) is 0 Å². The average molecular weight is 343 g/mol. The Kier molecular flexibility index (Phi) is 6.52. The van der Waals surface area contributed by atoms with E-state index in [1.54, 1.807) is 17.4 Å². The number of nitrogens with zero attached hydrogens (tertiary/aromatic N) is 1. The van der Waals surface area contributed by atoms with E-state index in [0.717, 1.165) is 31.5 Å². The van der Waals surface area contributed by atoms with Crippen molar-refractivity contribution in [3.63, 3.8) is 0 Å². The smallest absolute Gasteiger partial charge is 0.0640 e. The first-order chi connectivity index (χ1) is 10.1. The van der Waals surface area contributed by atoms with Crippen LogP contribution in [0.1, 0.15) is 22.9 Å². The second kappa shape index (κ2) is 8.16. The number of hydrogen-bond acceptors (Lipinski definition) is 3. The summed E-state index contributed by atoms with van der Waals surface area (Å²) in [6.07, 6.45) is 1.95. The van der Waals surface area contributed by atoms with Crippen molar-refractivity contribution in [2.24, 2.45) is 5.73 Å². The Hall–Kier alpha value is -0.580. The van der Waals surface area contributed by atoms with Gasteiger partial charge in [-0.25, -0.2) is 0 Å². The lowest BCUT2D eigenvalue weighted by atomic mass is 10.0. The zero-order valence-corrected chi connectivity index (χ0v) is 14.4. The predicted octanol–water partition coefficient (Wildman–Crippen LogP) is 4.62. The van der Waals surface area contributed by atoms with E-state index in [1.165, 1.54) is 4.88 Å². The summed E-state index contributed by atoms with van der Waals surface area (Å²) >= 11 is 14.0. The Morgan fingerprint density at radius 3 is 2.71 bits per heavy atom. The molecule has 0 saturated carbocycles. The average Bonchev–Trinajstić information content (AvgIpc) is 2.99. The fraction of sp³-hybridized carbons (Fsp3) is 0.375. The third-order valence-electron chi connectivity index (χ3n) is 3.52. The zero-order valence-electron chi connectivity index (χ0n) is 12.1. The number of hydrogen-bond donors (Lipinski definition) is 1. The van der Waals surface area contributed by atoms with E-state index >= 15 is 0 Å². The number of nitrogens with two attached hydrogens (primary N) is 1. The van der Waals surface area contributed by atoms with Crippen LogP contribution in [0.15, 0.2) is 35.7 Å². The standard InChI is InChI=1S/C16H20Cl2N2S/c1-20(9-7-12-4-3-11-21-12)10-8-15(19)13-5-2-6-14(17)16(13)18/h2-6,11,15H,7-10,19H2,1H3. The van der Waals surface area contributed by atoms with E-state index in [1.807, 2.05) is 12.1 Å². The third-order valence-corrected chi connectivity index (χ3v) is 5.29. The molecule has 1 atom stereocenters. The van der Waals surface area contributed by atoms with Crippen molar-refractivity contribution in [2.45, 2.75) is 18.9 Å². The molecule has 0 amide bonds. The fourth-order valence-corrected chi connectivity index (χ4v) is 3.34. The van der Waals surface area contributed by atoms with Crippen LogP contribution in [0.3, 0.4) is 0 Å². The van der Waals surface area contributed by atoms with Gasteiger partial charge in [0.15, 0.2) is 0 Å². The lowest BCUT2D eigenvalue weighted by molar-refractivity contribution is 0.323. The molecule has 0 aliphatic rings. The van der Waals surface area contributed by atoms with Crippen LogP contribution < -0.4 is 5.73 Å². The van der Waals surface area contributed by atoms with Crippen LogP contribution in [0.5, 0.6) is 0 Å². The molecule has 1 heterocycles. The molecule has 0 fully saturated rings. The van der Waals surface area contributed by atoms with Crippen LogP contribution in [0, 0.1) is 0 Å². The number of benzene rings is 1. The van der Waals surface area contributed by atoms with Crippen molar-refractivity contribution in [2.75, 3.05) is 20.1 Å². The SMILES string of the molecule is CN(CCc1cccs1)CCC(N)c1cccc(Cl)c1Cl. The van der Waals surface area contributed by atoms with Crippen molar-refractivity contribution in [1.29, 1.82) is 0 Å². The van der Waals surface area contributed by atoms with E-state index < -0.39 is 0 Å². The van der Waals surface area contributed by atoms with Crippen molar-refractivity contribution in [1.82, 2.24) is 4.90 Å². The van der Waals surface area contributed by atoms with Crippen LogP contribution in [0.2, 0.25) is 10.0 Å². The van der Waals surface area contributed by atoms with E-state index in [-0.39, 0.29) is 6.04 Å². The minimum Gasteiger partial charge on any atom is -0.324 e. The molecule has 0 aliphatic heterocycles. The maximum atomic E-state index is 6.24. The Balaban J connectivity index is 1.80. The first-order valence-electron chi connectivity index (χ1n) is 6.98. The van der Waals surface area contributed by atoms with Crippen LogP contribution in [0.4, 0.5) is 0 Å². The predicted molar refractivity (Wildman–Crippen MR) is 93.5 cm³/mol. The van der Waals surface area contributed by atoms with Gasteiger partial charge in [-0.3, -0.25) is 0 Å². The molecule has 114 valence electrons. The maximum absolute atomic E-state index is 6.24. The van der Waals surface area contributed by atoms with Gasteiger partial charge in [0, 0.05) is 17.5 Å². The Bertz CT molecular complexity index is 557. The van der Waals surface area contributed by atoms with Crippen molar-refractivity contribution < 1.29 is 0 Å². The highest BCUT2D eigenvalue weighted by Crippen LogP contribution is 2.30. The van der Waals surface area contributed by atoms with Gasteiger partial charge in [-0.15, -0.1) is 11.3 Å². The van der Waals surface area contributed by atoms with Crippen LogP contribution in [0.25, 0.3) is 0 Å². The number of thiophene rings is 1. The highest BCUT2D eigenvalue weighted by atomic mass is 35.5. The van der Waals surface area contributed by atoms with Crippen LogP contribution in [-0.4, -0.2) is 25.0 Å². The van der Waals surface area contributed by atoms with Gasteiger partial charge < -0.3 is 10.6 Å². The molecule has 2 rings (SSSR count). The second-order valence-corrected chi connectivity index (χ2v) is 6.99. The van der Waals surface area contributed by atoms with Gasteiger partial charge in [-0.05, 0) is 49.5 Å². The summed E-state index contributed by atoms with van der Waals surface area (Å²) in [6.45, 7) is 1.98. The van der Waals surface area contributed by atoms with E-state index in [9.17, 15) is 0 Å². The normalized spacial score (nSPS) is 12.8. The topological polar surface area (TPSA) is 29.3 Å². The number of likely N-dealkylation sites (N-methyl/N-ethyl adjacent to an activating group) is 1. The molecule has 1 aromatic heterocycles. The van der Waals surface area contributed by atoms with Gasteiger partial charge >= 0.3 is 0 Å². The summed E-state index contributed by atoms with van der Waals surface area (Å²) in [4.78, 5) is 3.72. The molecule has 1 aromatic carbocycles. The first-order valence-corrected chi connectivity index (χ1v) is 8.62. The van der Waals surface area contributed by atoms with E-state index in [4.69, 9.17) is 28.9 Å². The third kappa shape index (κ3) is 4.97. The molecule has 0 aliphatic carbocycles. The van der Waals surface area contributed by atoms with Gasteiger partial charge in [-0.2, -0.15) is 0 Å². The van der Waals surface area contributed by atoms with Gasteiger partial charge in [0.1, 0.15) is 0 Å². The summed E-state index contributed by atoms with van der Waals surface area (Å²) in [7, 11) is 2.12. The Morgan fingerprint density at radius 1 is 1.19 bits per heavy atom. The summed E-state index contributed by atoms with van der Waals surface area (Å²) in [6, 6.07) is 9.81. The molecule has 0 bridgehead atoms. The lowest BCUT2D eigenvalue weighted by Crippen LogP contribution is -2.25. The molecule has 0 spiro atoms. The van der Waals surface area contributed by atoms with Crippen LogP contribution in [-0.2, 0) is 6.42 Å². The summed E-state index contributed by atoms with van der Waals surface area (Å²) in [5.74, 6) is 0. The van der Waals surface area contributed by atoms with E-state index in [2.05, 4.69) is 29.5 Å².